The number of fused-ring (bicyclic) bond motifs is 1. The Bertz CT molecular complexity index is 551. The average molecular weight is 291 g/mol. The molecule has 0 saturated heterocycles. The summed E-state index contributed by atoms with van der Waals surface area (Å²) in [5.74, 6) is 0. The van der Waals surface area contributed by atoms with Gasteiger partial charge in [-0.3, -0.25) is 4.68 Å². The molecule has 1 aromatic carbocycles. The SMILES string of the molecule is COCCNCc1nn(CCOC(C)C)c2ccccc12. The minimum Gasteiger partial charge on any atom is -0.383 e. The Morgan fingerprint density at radius 3 is 2.81 bits per heavy atom. The van der Waals surface area contributed by atoms with Crippen molar-refractivity contribution in [3.8, 4) is 0 Å². The molecule has 2 aromatic rings. The monoisotopic (exact) mass is 291 g/mol. The molecule has 0 radical (unpaired) electrons. The number of ether oxygens (including phenoxy) is 2. The lowest BCUT2D eigenvalue weighted by molar-refractivity contribution is 0.0715. The molecule has 1 aromatic heterocycles. The number of benzene rings is 1. The summed E-state index contributed by atoms with van der Waals surface area (Å²) in [7, 11) is 1.71. The fraction of sp³-hybridized carbons (Fsp3) is 0.562. The highest BCUT2D eigenvalue weighted by molar-refractivity contribution is 5.81. The van der Waals surface area contributed by atoms with Crippen molar-refractivity contribution in [1.82, 2.24) is 15.1 Å². The summed E-state index contributed by atoms with van der Waals surface area (Å²) in [5, 5.41) is 9.27. The minimum absolute atomic E-state index is 0.252. The van der Waals surface area contributed by atoms with Crippen molar-refractivity contribution in [3.05, 3.63) is 30.0 Å². The molecule has 1 N–H and O–H groups in total. The summed E-state index contributed by atoms with van der Waals surface area (Å²) in [6, 6.07) is 8.33. The van der Waals surface area contributed by atoms with E-state index in [1.165, 1.54) is 5.39 Å². The molecule has 0 saturated carbocycles. The first-order valence-corrected chi connectivity index (χ1v) is 7.48. The molecule has 0 aliphatic rings. The molecular weight excluding hydrogens is 266 g/mol. The van der Waals surface area contributed by atoms with Gasteiger partial charge in [0.1, 0.15) is 0 Å². The van der Waals surface area contributed by atoms with E-state index in [9.17, 15) is 0 Å². The van der Waals surface area contributed by atoms with Crippen LogP contribution in [0.4, 0.5) is 0 Å². The van der Waals surface area contributed by atoms with Crippen LogP contribution in [0.5, 0.6) is 0 Å². The van der Waals surface area contributed by atoms with E-state index in [-0.39, 0.29) is 6.10 Å². The van der Waals surface area contributed by atoms with Crippen molar-refractivity contribution in [2.24, 2.45) is 0 Å². The van der Waals surface area contributed by atoms with Crippen LogP contribution >= 0.6 is 0 Å². The zero-order chi connectivity index (χ0) is 15.1. The van der Waals surface area contributed by atoms with Crippen LogP contribution in [-0.4, -0.2) is 42.8 Å². The van der Waals surface area contributed by atoms with Gasteiger partial charge in [0, 0.05) is 25.6 Å². The summed E-state index contributed by atoms with van der Waals surface area (Å²) in [5.41, 5.74) is 2.24. The van der Waals surface area contributed by atoms with E-state index in [0.29, 0.717) is 13.2 Å². The van der Waals surface area contributed by atoms with E-state index >= 15 is 0 Å². The summed E-state index contributed by atoms with van der Waals surface area (Å²) < 4.78 is 12.7. The van der Waals surface area contributed by atoms with Crippen LogP contribution in [0.2, 0.25) is 0 Å². The first kappa shape index (κ1) is 15.9. The van der Waals surface area contributed by atoms with Gasteiger partial charge < -0.3 is 14.8 Å². The minimum atomic E-state index is 0.252. The largest absolute Gasteiger partial charge is 0.383 e. The third-order valence-electron chi connectivity index (χ3n) is 3.26. The Labute approximate surface area is 126 Å². The molecule has 1 heterocycles. The summed E-state index contributed by atoms with van der Waals surface area (Å²) in [6.45, 7) is 7.84. The molecule has 0 unspecified atom stereocenters. The van der Waals surface area contributed by atoms with Crippen molar-refractivity contribution >= 4 is 10.9 Å². The smallest absolute Gasteiger partial charge is 0.0841 e. The molecule has 0 fully saturated rings. The van der Waals surface area contributed by atoms with Crippen LogP contribution in [0.25, 0.3) is 10.9 Å². The van der Waals surface area contributed by atoms with Gasteiger partial charge in [0.05, 0.1) is 37.1 Å². The van der Waals surface area contributed by atoms with Crippen molar-refractivity contribution < 1.29 is 9.47 Å². The predicted molar refractivity (Wildman–Crippen MR) is 84.4 cm³/mol. The van der Waals surface area contributed by atoms with E-state index in [1.54, 1.807) is 7.11 Å². The molecule has 0 spiro atoms. The van der Waals surface area contributed by atoms with E-state index in [2.05, 4.69) is 23.5 Å². The van der Waals surface area contributed by atoms with Crippen molar-refractivity contribution in [2.45, 2.75) is 33.0 Å². The Morgan fingerprint density at radius 1 is 1.24 bits per heavy atom. The lowest BCUT2D eigenvalue weighted by Crippen LogP contribution is -2.19. The van der Waals surface area contributed by atoms with Crippen molar-refractivity contribution in [3.63, 3.8) is 0 Å². The van der Waals surface area contributed by atoms with Crippen molar-refractivity contribution in [1.29, 1.82) is 0 Å². The number of nitrogens with one attached hydrogen (secondary N) is 1. The van der Waals surface area contributed by atoms with Crippen LogP contribution in [0.3, 0.4) is 0 Å². The van der Waals surface area contributed by atoms with Crippen molar-refractivity contribution in [2.75, 3.05) is 26.9 Å². The normalized spacial score (nSPS) is 11.6. The number of hydrogen-bond donors (Lipinski definition) is 1. The van der Waals surface area contributed by atoms with Gasteiger partial charge >= 0.3 is 0 Å². The number of nitrogens with zero attached hydrogens (tertiary/aromatic N) is 2. The Kier molecular flexibility index (Phi) is 6.17. The lowest BCUT2D eigenvalue weighted by Gasteiger charge is -2.08. The summed E-state index contributed by atoms with van der Waals surface area (Å²) in [4.78, 5) is 0. The molecular formula is C16H25N3O2. The first-order chi connectivity index (χ1) is 10.2. The molecule has 21 heavy (non-hydrogen) atoms. The van der Waals surface area contributed by atoms with Gasteiger partial charge in [-0.2, -0.15) is 5.10 Å². The highest BCUT2D eigenvalue weighted by Crippen LogP contribution is 2.18. The number of hydrogen-bond acceptors (Lipinski definition) is 4. The number of rotatable bonds is 9. The zero-order valence-electron chi connectivity index (χ0n) is 13.1. The standard InChI is InChI=1S/C16H25N3O2/c1-13(2)21-11-9-19-16-7-5-4-6-14(16)15(18-19)12-17-8-10-20-3/h4-7,13,17H,8-12H2,1-3H3. The highest BCUT2D eigenvalue weighted by atomic mass is 16.5. The van der Waals surface area contributed by atoms with Crippen LogP contribution in [0, 0.1) is 0 Å². The zero-order valence-corrected chi connectivity index (χ0v) is 13.1. The quantitative estimate of drug-likeness (QED) is 0.720. The van der Waals surface area contributed by atoms with E-state index in [1.807, 2.05) is 24.6 Å². The second-order valence-corrected chi connectivity index (χ2v) is 5.28. The van der Waals surface area contributed by atoms with Gasteiger partial charge in [0.2, 0.25) is 0 Å². The van der Waals surface area contributed by atoms with Gasteiger partial charge in [0.15, 0.2) is 0 Å². The summed E-state index contributed by atoms with van der Waals surface area (Å²) >= 11 is 0. The highest BCUT2D eigenvalue weighted by Gasteiger charge is 2.09. The van der Waals surface area contributed by atoms with Gasteiger partial charge in [-0.05, 0) is 19.9 Å². The van der Waals surface area contributed by atoms with Crippen LogP contribution < -0.4 is 5.32 Å². The van der Waals surface area contributed by atoms with Crippen LogP contribution in [0.15, 0.2) is 24.3 Å². The second kappa shape index (κ2) is 8.12. The van der Waals surface area contributed by atoms with Gasteiger partial charge in [-0.1, -0.05) is 18.2 Å². The predicted octanol–water partition coefficient (Wildman–Crippen LogP) is 2.20. The first-order valence-electron chi connectivity index (χ1n) is 7.48. The molecule has 0 aliphatic carbocycles. The second-order valence-electron chi connectivity index (χ2n) is 5.28. The molecule has 0 amide bonds. The Balaban J connectivity index is 2.06. The molecule has 5 heteroatoms. The third-order valence-corrected chi connectivity index (χ3v) is 3.26. The number of methoxy groups -OCH3 is 1. The summed E-state index contributed by atoms with van der Waals surface area (Å²) in [6.07, 6.45) is 0.252. The molecule has 116 valence electrons. The van der Waals surface area contributed by atoms with Crippen LogP contribution in [-0.2, 0) is 22.6 Å². The number of para-hydroxylation sites is 1. The number of aromatic nitrogens is 2. The van der Waals surface area contributed by atoms with Gasteiger partial charge in [0.25, 0.3) is 0 Å². The van der Waals surface area contributed by atoms with E-state index in [4.69, 9.17) is 14.6 Å². The molecule has 5 nitrogen and oxygen atoms in total. The van der Waals surface area contributed by atoms with E-state index < -0.39 is 0 Å². The Morgan fingerprint density at radius 2 is 2.05 bits per heavy atom. The molecule has 0 aliphatic heterocycles. The third kappa shape index (κ3) is 4.52. The fourth-order valence-electron chi connectivity index (χ4n) is 2.25. The topological polar surface area (TPSA) is 48.3 Å². The Hall–Kier alpha value is -1.43. The van der Waals surface area contributed by atoms with E-state index in [0.717, 1.165) is 30.8 Å². The van der Waals surface area contributed by atoms with Crippen LogP contribution in [0.1, 0.15) is 19.5 Å². The molecule has 0 atom stereocenters. The average Bonchev–Trinajstić information content (AvgIpc) is 2.82. The van der Waals surface area contributed by atoms with Gasteiger partial charge in [-0.15, -0.1) is 0 Å². The van der Waals surface area contributed by atoms with Gasteiger partial charge in [-0.25, -0.2) is 0 Å². The fourth-order valence-corrected chi connectivity index (χ4v) is 2.25. The molecule has 2 rings (SSSR count). The maximum absolute atomic E-state index is 5.62. The maximum atomic E-state index is 5.62. The molecule has 0 bridgehead atoms. The lowest BCUT2D eigenvalue weighted by atomic mass is 10.2. The maximum Gasteiger partial charge on any atom is 0.0841 e.